The Morgan fingerprint density at radius 1 is 0.571 bits per heavy atom. The van der Waals surface area contributed by atoms with E-state index in [-0.39, 0.29) is 6.10 Å². The molecule has 2 unspecified atom stereocenters. The average molecular weight is 483 g/mol. The van der Waals surface area contributed by atoms with Crippen molar-refractivity contribution in [3.05, 3.63) is 36.5 Å². The van der Waals surface area contributed by atoms with E-state index in [4.69, 9.17) is 0 Å². The van der Waals surface area contributed by atoms with Crippen molar-refractivity contribution in [1.29, 1.82) is 0 Å². The van der Waals surface area contributed by atoms with E-state index in [1.54, 1.807) is 0 Å². The van der Waals surface area contributed by atoms with Crippen molar-refractivity contribution >= 4 is 0 Å². The number of hydrogen-bond acceptors (Lipinski definition) is 3. The van der Waals surface area contributed by atoms with Crippen LogP contribution < -0.4 is 0 Å². The third kappa shape index (κ3) is 9.48. The van der Waals surface area contributed by atoms with Gasteiger partial charge in [0, 0.05) is 26.2 Å². The number of allylic oxidation sites excluding steroid dienone is 5. The summed E-state index contributed by atoms with van der Waals surface area (Å²) in [5.74, 6) is 3.33. The minimum absolute atomic E-state index is 0.361. The van der Waals surface area contributed by atoms with E-state index in [1.165, 1.54) is 129 Å². The SMILES string of the molecule is O[C@@H]1/C=C/C=C/C=C\CC[C@H]2CN3CCCCCCCCCCCC[C@H]4C[C@H](CN(C4)C1)[C@@H]2CC3. The largest absolute Gasteiger partial charge is 0.388 e. The molecule has 198 valence electrons. The first-order chi connectivity index (χ1) is 17.3. The highest BCUT2D eigenvalue weighted by Gasteiger charge is 2.38. The van der Waals surface area contributed by atoms with Crippen LogP contribution in [0.5, 0.6) is 0 Å². The summed E-state index contributed by atoms with van der Waals surface area (Å²) in [6, 6.07) is 0. The van der Waals surface area contributed by atoms with Crippen molar-refractivity contribution < 1.29 is 5.11 Å². The maximum Gasteiger partial charge on any atom is 0.0850 e. The second-order valence-corrected chi connectivity index (χ2v) is 12.3. The van der Waals surface area contributed by atoms with Gasteiger partial charge in [-0.25, -0.2) is 0 Å². The molecule has 5 heterocycles. The Labute approximate surface area is 216 Å². The van der Waals surface area contributed by atoms with Crippen molar-refractivity contribution in [3.8, 4) is 0 Å². The summed E-state index contributed by atoms with van der Waals surface area (Å²) < 4.78 is 0. The van der Waals surface area contributed by atoms with Crippen molar-refractivity contribution in [2.75, 3.05) is 39.3 Å². The van der Waals surface area contributed by atoms with Gasteiger partial charge in [-0.3, -0.25) is 4.90 Å². The highest BCUT2D eigenvalue weighted by Crippen LogP contribution is 2.40. The quantitative estimate of drug-likeness (QED) is 0.403. The van der Waals surface area contributed by atoms with Crippen molar-refractivity contribution in [1.82, 2.24) is 9.80 Å². The molecular weight excluding hydrogens is 428 g/mol. The first-order valence-corrected chi connectivity index (χ1v) is 15.4. The Hall–Kier alpha value is -0.900. The summed E-state index contributed by atoms with van der Waals surface area (Å²) in [6.45, 7) is 7.15. The third-order valence-corrected chi connectivity index (χ3v) is 9.42. The highest BCUT2D eigenvalue weighted by molar-refractivity contribution is 5.12. The van der Waals surface area contributed by atoms with E-state index < -0.39 is 0 Å². The maximum absolute atomic E-state index is 10.7. The van der Waals surface area contributed by atoms with Crippen LogP contribution in [-0.2, 0) is 0 Å². The molecule has 1 N–H and O–H groups in total. The summed E-state index contributed by atoms with van der Waals surface area (Å²) in [7, 11) is 0. The van der Waals surface area contributed by atoms with Crippen LogP contribution in [0, 0.1) is 23.7 Å². The van der Waals surface area contributed by atoms with Gasteiger partial charge in [0.1, 0.15) is 0 Å². The molecule has 7 atom stereocenters. The fraction of sp³-hybridized carbons (Fsp3) is 0.812. The molecule has 5 aliphatic rings. The van der Waals surface area contributed by atoms with Crippen LogP contribution in [-0.4, -0.2) is 60.3 Å². The smallest absolute Gasteiger partial charge is 0.0850 e. The summed E-state index contributed by atoms with van der Waals surface area (Å²) in [5, 5.41) is 10.7. The fourth-order valence-corrected chi connectivity index (χ4v) is 7.59. The van der Waals surface area contributed by atoms with Gasteiger partial charge in [0.05, 0.1) is 6.10 Å². The van der Waals surface area contributed by atoms with E-state index in [9.17, 15) is 5.11 Å². The predicted octanol–water partition coefficient (Wildman–Crippen LogP) is 6.99. The zero-order chi connectivity index (χ0) is 24.1. The van der Waals surface area contributed by atoms with Gasteiger partial charge >= 0.3 is 0 Å². The van der Waals surface area contributed by atoms with Crippen LogP contribution >= 0.6 is 0 Å². The molecule has 5 aliphatic heterocycles. The van der Waals surface area contributed by atoms with Gasteiger partial charge in [0.15, 0.2) is 0 Å². The zero-order valence-corrected chi connectivity index (χ0v) is 22.5. The predicted molar refractivity (Wildman–Crippen MR) is 150 cm³/mol. The lowest BCUT2D eigenvalue weighted by atomic mass is 9.69. The second kappa shape index (κ2) is 15.4. The van der Waals surface area contributed by atoms with E-state index in [1.807, 2.05) is 12.2 Å². The summed E-state index contributed by atoms with van der Waals surface area (Å²) in [4.78, 5) is 5.46. The number of nitrogens with zero attached hydrogens (tertiary/aromatic N) is 2. The number of piperidine rings is 2. The lowest BCUT2D eigenvalue weighted by Gasteiger charge is -2.47. The molecule has 0 radical (unpaired) electrons. The molecule has 0 spiro atoms. The van der Waals surface area contributed by atoms with Gasteiger partial charge in [0.25, 0.3) is 0 Å². The molecule has 6 bridgehead atoms. The molecule has 0 amide bonds. The van der Waals surface area contributed by atoms with Crippen molar-refractivity contribution in [3.63, 3.8) is 0 Å². The molecule has 0 aromatic rings. The van der Waals surface area contributed by atoms with Crippen LogP contribution in [0.4, 0.5) is 0 Å². The standard InChI is InChI=1S/C32H54N2O/c35-31-19-15-11-7-6-10-14-18-29-25-33-21-16-12-8-4-2-1-3-5-9-13-17-28-23-30(32(29)20-22-33)26-34(24-28)27-31/h6-7,10-11,15,19,28-32,35H,1-5,8-9,12-14,16-18,20-27H2/b10-6-,11-7+,19-15+/t28-,29-,30+,31+,32+/m0/s1. The number of rotatable bonds is 0. The molecule has 0 saturated carbocycles. The van der Waals surface area contributed by atoms with Crippen LogP contribution in [0.2, 0.25) is 0 Å². The Morgan fingerprint density at radius 3 is 2.11 bits per heavy atom. The van der Waals surface area contributed by atoms with Gasteiger partial charge in [-0.05, 0) is 75.3 Å². The Kier molecular flexibility index (Phi) is 11.9. The lowest BCUT2D eigenvalue weighted by molar-refractivity contribution is 0.00987. The van der Waals surface area contributed by atoms with Crippen LogP contribution in [0.15, 0.2) is 36.5 Å². The lowest BCUT2D eigenvalue weighted by Crippen LogP contribution is -2.50. The van der Waals surface area contributed by atoms with Gasteiger partial charge in [-0.15, -0.1) is 0 Å². The van der Waals surface area contributed by atoms with Crippen molar-refractivity contribution in [2.45, 2.75) is 102 Å². The monoisotopic (exact) mass is 482 g/mol. The van der Waals surface area contributed by atoms with E-state index in [2.05, 4.69) is 34.1 Å². The normalized spacial score (nSPS) is 41.6. The Bertz CT molecular complexity index is 670. The van der Waals surface area contributed by atoms with Gasteiger partial charge < -0.3 is 10.0 Å². The Morgan fingerprint density at radius 2 is 1.29 bits per heavy atom. The molecule has 5 rings (SSSR count). The first kappa shape index (κ1) is 27.1. The van der Waals surface area contributed by atoms with E-state index >= 15 is 0 Å². The highest BCUT2D eigenvalue weighted by atomic mass is 16.3. The fourth-order valence-electron chi connectivity index (χ4n) is 7.59. The molecule has 0 aromatic carbocycles. The van der Waals surface area contributed by atoms with Gasteiger partial charge in [-0.2, -0.15) is 0 Å². The van der Waals surface area contributed by atoms with Crippen LogP contribution in [0.3, 0.4) is 0 Å². The maximum atomic E-state index is 10.7. The zero-order valence-electron chi connectivity index (χ0n) is 22.5. The summed E-state index contributed by atoms with van der Waals surface area (Å²) >= 11 is 0. The molecular formula is C32H54N2O. The molecule has 4 saturated heterocycles. The topological polar surface area (TPSA) is 26.7 Å². The van der Waals surface area contributed by atoms with E-state index in [0.717, 1.165) is 30.2 Å². The minimum atomic E-state index is -0.361. The van der Waals surface area contributed by atoms with Crippen LogP contribution in [0.25, 0.3) is 0 Å². The number of aliphatic hydroxyl groups excluding tert-OH is 1. The molecule has 4 fully saturated rings. The number of aliphatic hydroxyl groups is 1. The van der Waals surface area contributed by atoms with Crippen LogP contribution in [0.1, 0.15) is 96.3 Å². The summed E-state index contributed by atoms with van der Waals surface area (Å²) in [6.07, 6.45) is 33.5. The van der Waals surface area contributed by atoms with Gasteiger partial charge in [0.2, 0.25) is 0 Å². The molecule has 3 nitrogen and oxygen atoms in total. The molecule has 0 aromatic heterocycles. The molecule has 0 aliphatic carbocycles. The molecule has 3 heteroatoms. The number of fused-ring (bicyclic) bond motifs is 13. The van der Waals surface area contributed by atoms with E-state index in [0.29, 0.717) is 0 Å². The van der Waals surface area contributed by atoms with Gasteiger partial charge in [-0.1, -0.05) is 94.2 Å². The Balaban J connectivity index is 1.50. The minimum Gasteiger partial charge on any atom is -0.388 e. The number of hydrogen-bond donors (Lipinski definition) is 1. The van der Waals surface area contributed by atoms with Crippen molar-refractivity contribution in [2.24, 2.45) is 23.7 Å². The summed E-state index contributed by atoms with van der Waals surface area (Å²) in [5.41, 5.74) is 0. The second-order valence-electron chi connectivity index (χ2n) is 12.3. The third-order valence-electron chi connectivity index (χ3n) is 9.42. The molecule has 35 heavy (non-hydrogen) atoms. The first-order valence-electron chi connectivity index (χ1n) is 15.4. The average Bonchev–Trinajstić information content (AvgIpc) is 2.85.